The fraction of sp³-hybridized carbons (Fsp3) is 0.200. The number of hydrogen-bond acceptors (Lipinski definition) is 4. The molecule has 0 atom stereocenters. The summed E-state index contributed by atoms with van der Waals surface area (Å²) in [6.45, 7) is 4.07. The number of esters is 1. The van der Waals surface area contributed by atoms with Gasteiger partial charge < -0.3 is 20.5 Å². The van der Waals surface area contributed by atoms with E-state index in [0.717, 1.165) is 11.6 Å². The summed E-state index contributed by atoms with van der Waals surface area (Å²) in [5.74, 6) is -0.298. The Morgan fingerprint density at radius 2 is 1.88 bits per heavy atom. The minimum absolute atomic E-state index is 0.149. The molecular weight excluding hydrogens is 332 g/mol. The Kier molecular flexibility index (Phi) is 7.24. The number of urea groups is 1. The first kappa shape index (κ1) is 19.1. The number of carbonyl (C=O) groups is 2. The SMILES string of the molecule is C=CC(=O)OCCCCNC(=O)Nc1ccc(O)c(-c2ccccc2)c1. The Hall–Kier alpha value is -3.28. The van der Waals surface area contributed by atoms with Crippen LogP contribution in [0.3, 0.4) is 0 Å². The second-order valence-electron chi connectivity index (χ2n) is 5.56. The Morgan fingerprint density at radius 1 is 1.12 bits per heavy atom. The van der Waals surface area contributed by atoms with Gasteiger partial charge >= 0.3 is 12.0 Å². The number of phenols is 1. The van der Waals surface area contributed by atoms with Gasteiger partial charge in [0.15, 0.2) is 0 Å². The van der Waals surface area contributed by atoms with Gasteiger partial charge in [0.25, 0.3) is 0 Å². The van der Waals surface area contributed by atoms with Crippen molar-refractivity contribution in [3.05, 3.63) is 61.2 Å². The van der Waals surface area contributed by atoms with Crippen LogP contribution in [0.4, 0.5) is 10.5 Å². The second kappa shape index (κ2) is 9.88. The molecule has 2 amide bonds. The zero-order valence-electron chi connectivity index (χ0n) is 14.4. The van der Waals surface area contributed by atoms with Crippen LogP contribution in [0.15, 0.2) is 61.2 Å². The standard InChI is InChI=1S/C20H22N2O4/c1-2-19(24)26-13-7-6-12-21-20(25)22-16-10-11-18(23)17(14-16)15-8-4-3-5-9-15/h2-5,8-11,14,23H,1,6-7,12-13H2,(H2,21,22,25). The Balaban J connectivity index is 1.80. The number of carbonyl (C=O) groups excluding carboxylic acids is 2. The van der Waals surface area contributed by atoms with Crippen LogP contribution >= 0.6 is 0 Å². The number of amides is 2. The average molecular weight is 354 g/mol. The van der Waals surface area contributed by atoms with Gasteiger partial charge in [0.1, 0.15) is 5.75 Å². The zero-order valence-corrected chi connectivity index (χ0v) is 14.4. The van der Waals surface area contributed by atoms with Crippen molar-refractivity contribution in [1.82, 2.24) is 5.32 Å². The predicted octanol–water partition coefficient (Wildman–Crippen LogP) is 3.69. The number of ether oxygens (including phenoxy) is 1. The number of aromatic hydroxyl groups is 1. The van der Waals surface area contributed by atoms with E-state index in [1.54, 1.807) is 18.2 Å². The summed E-state index contributed by atoms with van der Waals surface area (Å²) in [7, 11) is 0. The fourth-order valence-corrected chi connectivity index (χ4v) is 2.30. The van der Waals surface area contributed by atoms with Crippen molar-refractivity contribution < 1.29 is 19.4 Å². The topological polar surface area (TPSA) is 87.7 Å². The molecule has 0 aromatic heterocycles. The molecular formula is C20H22N2O4. The lowest BCUT2D eigenvalue weighted by Crippen LogP contribution is -2.29. The lowest BCUT2D eigenvalue weighted by molar-refractivity contribution is -0.137. The Morgan fingerprint density at radius 3 is 2.62 bits per heavy atom. The molecule has 0 bridgehead atoms. The monoisotopic (exact) mass is 354 g/mol. The van der Waals surface area contributed by atoms with Crippen LogP contribution < -0.4 is 10.6 Å². The van der Waals surface area contributed by atoms with E-state index in [-0.39, 0.29) is 11.8 Å². The molecule has 136 valence electrons. The maximum Gasteiger partial charge on any atom is 0.330 e. The molecule has 0 heterocycles. The van der Waals surface area contributed by atoms with E-state index < -0.39 is 5.97 Å². The lowest BCUT2D eigenvalue weighted by Gasteiger charge is -2.10. The molecule has 0 aliphatic heterocycles. The van der Waals surface area contributed by atoms with Gasteiger partial charge in [-0.25, -0.2) is 9.59 Å². The van der Waals surface area contributed by atoms with Crippen LogP contribution in [0.25, 0.3) is 11.1 Å². The van der Waals surface area contributed by atoms with Gasteiger partial charge in [0.05, 0.1) is 6.61 Å². The third-order valence-electron chi connectivity index (χ3n) is 3.61. The molecule has 3 N–H and O–H groups in total. The number of unbranched alkanes of at least 4 members (excludes halogenated alkanes) is 1. The summed E-state index contributed by atoms with van der Waals surface area (Å²) < 4.78 is 4.85. The molecule has 0 aliphatic rings. The first-order chi connectivity index (χ1) is 12.6. The molecule has 0 saturated heterocycles. The molecule has 0 spiro atoms. The Bertz CT molecular complexity index is 760. The van der Waals surface area contributed by atoms with Crippen LogP contribution in [0.1, 0.15) is 12.8 Å². The van der Waals surface area contributed by atoms with Crippen LogP contribution in [-0.4, -0.2) is 30.3 Å². The summed E-state index contributed by atoms with van der Waals surface area (Å²) >= 11 is 0. The van der Waals surface area contributed by atoms with Gasteiger partial charge in [0, 0.05) is 23.9 Å². The molecule has 2 rings (SSSR count). The van der Waals surface area contributed by atoms with E-state index in [1.807, 2.05) is 30.3 Å². The van der Waals surface area contributed by atoms with E-state index in [0.29, 0.717) is 37.2 Å². The van der Waals surface area contributed by atoms with Crippen molar-refractivity contribution >= 4 is 17.7 Å². The normalized spacial score (nSPS) is 10.0. The molecule has 0 radical (unpaired) electrons. The van der Waals surface area contributed by atoms with Gasteiger partial charge in [-0.15, -0.1) is 0 Å². The third-order valence-corrected chi connectivity index (χ3v) is 3.61. The number of nitrogens with one attached hydrogen (secondary N) is 2. The number of hydrogen-bond donors (Lipinski definition) is 3. The fourth-order valence-electron chi connectivity index (χ4n) is 2.30. The van der Waals surface area contributed by atoms with Gasteiger partial charge in [-0.05, 0) is 36.6 Å². The minimum Gasteiger partial charge on any atom is -0.507 e. The summed E-state index contributed by atoms with van der Waals surface area (Å²) in [6, 6.07) is 14.0. The van der Waals surface area contributed by atoms with Crippen molar-refractivity contribution in [2.75, 3.05) is 18.5 Å². The minimum atomic E-state index is -0.447. The maximum absolute atomic E-state index is 11.9. The molecule has 0 fully saturated rings. The van der Waals surface area contributed by atoms with E-state index in [1.165, 1.54) is 0 Å². The largest absolute Gasteiger partial charge is 0.507 e. The first-order valence-electron chi connectivity index (χ1n) is 8.32. The maximum atomic E-state index is 11.9. The first-order valence-corrected chi connectivity index (χ1v) is 8.32. The van der Waals surface area contributed by atoms with Crippen molar-refractivity contribution in [2.45, 2.75) is 12.8 Å². The highest BCUT2D eigenvalue weighted by Crippen LogP contribution is 2.31. The highest BCUT2D eigenvalue weighted by atomic mass is 16.5. The molecule has 26 heavy (non-hydrogen) atoms. The highest BCUT2D eigenvalue weighted by Gasteiger charge is 2.07. The van der Waals surface area contributed by atoms with Crippen molar-refractivity contribution in [1.29, 1.82) is 0 Å². The van der Waals surface area contributed by atoms with Crippen molar-refractivity contribution in [3.63, 3.8) is 0 Å². The van der Waals surface area contributed by atoms with E-state index in [9.17, 15) is 14.7 Å². The molecule has 0 aliphatic carbocycles. The highest BCUT2D eigenvalue weighted by molar-refractivity contribution is 5.90. The number of anilines is 1. The van der Waals surface area contributed by atoms with Crippen LogP contribution in [0.2, 0.25) is 0 Å². The van der Waals surface area contributed by atoms with E-state index >= 15 is 0 Å². The molecule has 6 heteroatoms. The van der Waals surface area contributed by atoms with Gasteiger partial charge in [-0.3, -0.25) is 0 Å². The summed E-state index contributed by atoms with van der Waals surface area (Å²) in [4.78, 5) is 22.8. The molecule has 0 saturated carbocycles. The van der Waals surface area contributed by atoms with Crippen LogP contribution in [0.5, 0.6) is 5.75 Å². The second-order valence-corrected chi connectivity index (χ2v) is 5.56. The molecule has 2 aromatic rings. The average Bonchev–Trinajstić information content (AvgIpc) is 2.66. The number of benzene rings is 2. The summed E-state index contributed by atoms with van der Waals surface area (Å²) in [5, 5.41) is 15.5. The van der Waals surface area contributed by atoms with Gasteiger partial charge in [-0.1, -0.05) is 36.9 Å². The smallest absolute Gasteiger partial charge is 0.330 e. The van der Waals surface area contributed by atoms with Gasteiger partial charge in [-0.2, -0.15) is 0 Å². The van der Waals surface area contributed by atoms with Crippen LogP contribution in [-0.2, 0) is 9.53 Å². The van der Waals surface area contributed by atoms with Crippen molar-refractivity contribution in [2.24, 2.45) is 0 Å². The van der Waals surface area contributed by atoms with Gasteiger partial charge in [0.2, 0.25) is 0 Å². The zero-order chi connectivity index (χ0) is 18.8. The van der Waals surface area contributed by atoms with Crippen LogP contribution in [0, 0.1) is 0 Å². The number of rotatable bonds is 8. The molecule has 2 aromatic carbocycles. The molecule has 6 nitrogen and oxygen atoms in total. The van der Waals surface area contributed by atoms with E-state index in [4.69, 9.17) is 4.74 Å². The summed E-state index contributed by atoms with van der Waals surface area (Å²) in [6.07, 6.45) is 2.45. The quantitative estimate of drug-likeness (QED) is 0.292. The van der Waals surface area contributed by atoms with Crippen molar-refractivity contribution in [3.8, 4) is 16.9 Å². The predicted molar refractivity (Wildman–Crippen MR) is 101 cm³/mol. The van der Waals surface area contributed by atoms with E-state index in [2.05, 4.69) is 17.2 Å². The Labute approximate surface area is 152 Å². The number of phenolic OH excluding ortho intramolecular Hbond substituents is 1. The lowest BCUT2D eigenvalue weighted by atomic mass is 10.0. The summed E-state index contributed by atoms with van der Waals surface area (Å²) in [5.41, 5.74) is 2.09. The third kappa shape index (κ3) is 5.98. The molecule has 0 unspecified atom stereocenters.